The van der Waals surface area contributed by atoms with Crippen molar-refractivity contribution in [2.75, 3.05) is 0 Å². The van der Waals surface area contributed by atoms with E-state index < -0.39 is 0 Å². The largest absolute Gasteiger partial charge is 0.276 e. The lowest BCUT2D eigenvalue weighted by Crippen LogP contribution is -1.95. The summed E-state index contributed by atoms with van der Waals surface area (Å²) in [5.74, 6) is 0. The number of benzene rings is 1. The quantitative estimate of drug-likeness (QED) is 0.591. The van der Waals surface area contributed by atoms with E-state index >= 15 is 0 Å². The van der Waals surface area contributed by atoms with Crippen molar-refractivity contribution in [3.8, 4) is 0 Å². The Hall–Kier alpha value is -1.64. The Labute approximate surface area is 69.6 Å². The third-order valence-electron chi connectivity index (χ3n) is 1.85. The van der Waals surface area contributed by atoms with Crippen LogP contribution < -0.4 is 0 Å². The SMILES string of the molecule is Cc1ccc2c(cnn2C=O)c1. The van der Waals surface area contributed by atoms with Crippen LogP contribution in [0.2, 0.25) is 0 Å². The second-order valence-corrected chi connectivity index (χ2v) is 2.76. The predicted molar refractivity (Wildman–Crippen MR) is 46.6 cm³/mol. The fourth-order valence-corrected chi connectivity index (χ4v) is 1.26. The molecule has 0 aliphatic rings. The number of rotatable bonds is 1. The van der Waals surface area contributed by atoms with Crippen LogP contribution in [-0.2, 0) is 4.79 Å². The van der Waals surface area contributed by atoms with Gasteiger partial charge in [-0.1, -0.05) is 11.6 Å². The third kappa shape index (κ3) is 0.906. The molecule has 0 fully saturated rings. The lowest BCUT2D eigenvalue weighted by Gasteiger charge is -1.93. The van der Waals surface area contributed by atoms with Gasteiger partial charge in [0, 0.05) is 5.39 Å². The summed E-state index contributed by atoms with van der Waals surface area (Å²) < 4.78 is 1.33. The molecule has 3 nitrogen and oxygen atoms in total. The highest BCUT2D eigenvalue weighted by atomic mass is 16.1. The van der Waals surface area contributed by atoms with Gasteiger partial charge < -0.3 is 0 Å². The number of aryl methyl sites for hydroxylation is 1. The Morgan fingerprint density at radius 1 is 1.50 bits per heavy atom. The molecule has 0 N–H and O–H groups in total. The minimum absolute atomic E-state index is 0.706. The molecule has 60 valence electrons. The number of aromatic nitrogens is 2. The number of carbonyl (C=O) groups excluding carboxylic acids is 1. The number of hydrogen-bond acceptors (Lipinski definition) is 2. The lowest BCUT2D eigenvalue weighted by atomic mass is 10.2. The Kier molecular flexibility index (Phi) is 1.43. The summed E-state index contributed by atoms with van der Waals surface area (Å²) >= 11 is 0. The fraction of sp³-hybridized carbons (Fsp3) is 0.111. The van der Waals surface area contributed by atoms with Crippen molar-refractivity contribution in [3.63, 3.8) is 0 Å². The molecule has 0 saturated carbocycles. The van der Waals surface area contributed by atoms with Gasteiger partial charge in [0.15, 0.2) is 0 Å². The van der Waals surface area contributed by atoms with Gasteiger partial charge in [-0.25, -0.2) is 4.68 Å². The topological polar surface area (TPSA) is 34.9 Å². The van der Waals surface area contributed by atoms with Crippen molar-refractivity contribution in [3.05, 3.63) is 30.0 Å². The van der Waals surface area contributed by atoms with Crippen LogP contribution in [0.15, 0.2) is 24.4 Å². The number of hydrogen-bond donors (Lipinski definition) is 0. The highest BCUT2D eigenvalue weighted by Gasteiger charge is 1.99. The van der Waals surface area contributed by atoms with Gasteiger partial charge in [0.25, 0.3) is 0 Å². The average Bonchev–Trinajstić information content (AvgIpc) is 2.46. The summed E-state index contributed by atoms with van der Waals surface area (Å²) in [5.41, 5.74) is 2.03. The number of fused-ring (bicyclic) bond motifs is 1. The van der Waals surface area contributed by atoms with E-state index in [4.69, 9.17) is 0 Å². The maximum absolute atomic E-state index is 10.5. The molecule has 1 aromatic carbocycles. The second-order valence-electron chi connectivity index (χ2n) is 2.76. The van der Waals surface area contributed by atoms with E-state index in [9.17, 15) is 4.79 Å². The highest BCUT2D eigenvalue weighted by Crippen LogP contribution is 2.13. The van der Waals surface area contributed by atoms with Gasteiger partial charge in [0.2, 0.25) is 6.41 Å². The smallest absolute Gasteiger partial charge is 0.234 e. The van der Waals surface area contributed by atoms with Crippen molar-refractivity contribution in [1.82, 2.24) is 9.78 Å². The van der Waals surface area contributed by atoms with E-state index in [-0.39, 0.29) is 0 Å². The van der Waals surface area contributed by atoms with Crippen molar-refractivity contribution in [2.24, 2.45) is 0 Å². The summed E-state index contributed by atoms with van der Waals surface area (Å²) in [6, 6.07) is 5.86. The van der Waals surface area contributed by atoms with Crippen molar-refractivity contribution >= 4 is 17.3 Å². The third-order valence-corrected chi connectivity index (χ3v) is 1.85. The van der Waals surface area contributed by atoms with Gasteiger partial charge in [0.05, 0.1) is 11.7 Å². The normalized spacial score (nSPS) is 10.4. The van der Waals surface area contributed by atoms with Gasteiger partial charge in [-0.3, -0.25) is 4.79 Å². The molecule has 2 aromatic rings. The van der Waals surface area contributed by atoms with Crippen LogP contribution in [0.1, 0.15) is 5.56 Å². The first-order chi connectivity index (χ1) is 5.81. The fourth-order valence-electron chi connectivity index (χ4n) is 1.26. The first kappa shape index (κ1) is 7.03. The zero-order chi connectivity index (χ0) is 8.55. The monoisotopic (exact) mass is 160 g/mol. The predicted octanol–water partition coefficient (Wildman–Crippen LogP) is 1.38. The van der Waals surface area contributed by atoms with E-state index in [1.54, 1.807) is 6.20 Å². The summed E-state index contributed by atoms with van der Waals surface area (Å²) in [6.07, 6.45) is 2.40. The molecule has 0 spiro atoms. The first-order valence-corrected chi connectivity index (χ1v) is 3.70. The van der Waals surface area contributed by atoms with Crippen LogP contribution in [0, 0.1) is 6.92 Å². The number of carbonyl (C=O) groups is 1. The van der Waals surface area contributed by atoms with E-state index in [1.165, 1.54) is 10.2 Å². The van der Waals surface area contributed by atoms with Crippen LogP contribution in [0.3, 0.4) is 0 Å². The van der Waals surface area contributed by atoms with Gasteiger partial charge in [0.1, 0.15) is 0 Å². The molecule has 0 aliphatic carbocycles. The van der Waals surface area contributed by atoms with Crippen LogP contribution in [0.5, 0.6) is 0 Å². The van der Waals surface area contributed by atoms with Crippen molar-refractivity contribution in [1.29, 1.82) is 0 Å². The van der Waals surface area contributed by atoms with E-state index in [2.05, 4.69) is 5.10 Å². The van der Waals surface area contributed by atoms with Gasteiger partial charge in [-0.2, -0.15) is 5.10 Å². The molecule has 0 bridgehead atoms. The Morgan fingerprint density at radius 2 is 2.33 bits per heavy atom. The molecular weight excluding hydrogens is 152 g/mol. The van der Waals surface area contributed by atoms with Gasteiger partial charge in [-0.05, 0) is 19.1 Å². The Morgan fingerprint density at radius 3 is 3.08 bits per heavy atom. The molecule has 1 heterocycles. The van der Waals surface area contributed by atoms with E-state index in [0.717, 1.165) is 10.9 Å². The van der Waals surface area contributed by atoms with Crippen molar-refractivity contribution in [2.45, 2.75) is 6.92 Å². The van der Waals surface area contributed by atoms with Crippen molar-refractivity contribution < 1.29 is 4.79 Å². The molecule has 0 unspecified atom stereocenters. The van der Waals surface area contributed by atoms with Crippen LogP contribution in [-0.4, -0.2) is 16.2 Å². The molecule has 2 rings (SSSR count). The minimum atomic E-state index is 0.706. The molecule has 3 heteroatoms. The Bertz CT molecular complexity index is 431. The van der Waals surface area contributed by atoms with E-state index in [0.29, 0.717) is 6.41 Å². The maximum atomic E-state index is 10.5. The first-order valence-electron chi connectivity index (χ1n) is 3.70. The van der Waals surface area contributed by atoms with Gasteiger partial charge in [-0.15, -0.1) is 0 Å². The Balaban J connectivity index is 2.81. The maximum Gasteiger partial charge on any atom is 0.234 e. The standard InChI is InChI=1S/C9H8N2O/c1-7-2-3-9-8(4-7)5-10-11(9)6-12/h2-6H,1H3. The summed E-state index contributed by atoms with van der Waals surface area (Å²) in [7, 11) is 0. The number of nitrogens with zero attached hydrogens (tertiary/aromatic N) is 2. The molecule has 0 aliphatic heterocycles. The average molecular weight is 160 g/mol. The molecule has 0 saturated heterocycles. The summed E-state index contributed by atoms with van der Waals surface area (Å²) in [6.45, 7) is 2.01. The zero-order valence-corrected chi connectivity index (χ0v) is 6.69. The summed E-state index contributed by atoms with van der Waals surface area (Å²) in [4.78, 5) is 10.5. The van der Waals surface area contributed by atoms with E-state index in [1.807, 2.05) is 25.1 Å². The van der Waals surface area contributed by atoms with Crippen LogP contribution in [0.25, 0.3) is 10.9 Å². The van der Waals surface area contributed by atoms with Crippen LogP contribution in [0.4, 0.5) is 0 Å². The molecule has 0 atom stereocenters. The van der Waals surface area contributed by atoms with Gasteiger partial charge >= 0.3 is 0 Å². The lowest BCUT2D eigenvalue weighted by molar-refractivity contribution is 0.542. The van der Waals surface area contributed by atoms with Crippen LogP contribution >= 0.6 is 0 Å². The minimum Gasteiger partial charge on any atom is -0.276 e. The molecule has 0 radical (unpaired) electrons. The molecule has 12 heavy (non-hydrogen) atoms. The zero-order valence-electron chi connectivity index (χ0n) is 6.69. The molecule has 0 amide bonds. The second kappa shape index (κ2) is 2.44. The molecule has 1 aromatic heterocycles. The molecular formula is C9H8N2O. The summed E-state index contributed by atoms with van der Waals surface area (Å²) in [5, 5.41) is 4.91. The highest BCUT2D eigenvalue weighted by molar-refractivity contribution is 5.83.